The lowest BCUT2D eigenvalue weighted by Gasteiger charge is -2.26. The van der Waals surface area contributed by atoms with Gasteiger partial charge in [0.2, 0.25) is 15.9 Å². The van der Waals surface area contributed by atoms with E-state index in [0.29, 0.717) is 19.6 Å². The van der Waals surface area contributed by atoms with Crippen molar-refractivity contribution >= 4 is 21.8 Å². The van der Waals surface area contributed by atoms with Crippen LogP contribution in [0.1, 0.15) is 36.5 Å². The van der Waals surface area contributed by atoms with Gasteiger partial charge in [-0.15, -0.1) is 0 Å². The first-order valence-electron chi connectivity index (χ1n) is 9.18. The average Bonchev–Trinajstić information content (AvgIpc) is 2.67. The maximum absolute atomic E-state index is 12.7. The summed E-state index contributed by atoms with van der Waals surface area (Å²) < 4.78 is 31.9. The fraction of sp³-hybridized carbons (Fsp3) is 0.556. The fourth-order valence-corrected chi connectivity index (χ4v) is 4.04. The number of nitrogens with zero attached hydrogens (tertiary/aromatic N) is 1. The average molecular weight is 397 g/mol. The molecule has 0 saturated carbocycles. The Kier molecular flexibility index (Phi) is 8.21. The maximum Gasteiger partial charge on any atom is 0.251 e. The molecule has 1 aliphatic rings. The highest BCUT2D eigenvalue weighted by Crippen LogP contribution is 2.18. The second-order valence-corrected chi connectivity index (χ2v) is 8.23. The number of sulfonamides is 1. The molecule has 8 nitrogen and oxygen atoms in total. The highest BCUT2D eigenvalue weighted by Gasteiger charge is 2.29. The van der Waals surface area contributed by atoms with E-state index in [1.807, 2.05) is 0 Å². The molecule has 1 saturated heterocycles. The van der Waals surface area contributed by atoms with Crippen LogP contribution >= 0.6 is 0 Å². The minimum atomic E-state index is -3.82. The van der Waals surface area contributed by atoms with Gasteiger partial charge >= 0.3 is 0 Å². The van der Waals surface area contributed by atoms with Crippen molar-refractivity contribution in [3.05, 3.63) is 29.8 Å². The summed E-state index contributed by atoms with van der Waals surface area (Å²) >= 11 is 0. The van der Waals surface area contributed by atoms with Gasteiger partial charge in [0.05, 0.1) is 11.4 Å². The number of unbranched alkanes of at least 4 members (excludes halogenated alkanes) is 1. The van der Waals surface area contributed by atoms with E-state index in [4.69, 9.17) is 4.74 Å². The molecule has 1 aliphatic heterocycles. The van der Waals surface area contributed by atoms with Crippen LogP contribution in [0.3, 0.4) is 0 Å². The molecule has 27 heavy (non-hydrogen) atoms. The number of ether oxygens (including phenoxy) is 1. The molecule has 0 aromatic heterocycles. The minimum absolute atomic E-state index is 0.00717. The van der Waals surface area contributed by atoms with E-state index in [1.165, 1.54) is 18.2 Å². The van der Waals surface area contributed by atoms with Crippen LogP contribution in [-0.2, 0) is 19.6 Å². The van der Waals surface area contributed by atoms with Crippen molar-refractivity contribution < 1.29 is 22.7 Å². The second-order valence-electron chi connectivity index (χ2n) is 6.29. The molecule has 0 radical (unpaired) electrons. The molecule has 0 bridgehead atoms. The Morgan fingerprint density at radius 2 is 2.07 bits per heavy atom. The van der Waals surface area contributed by atoms with Gasteiger partial charge in [-0.1, -0.05) is 19.4 Å². The van der Waals surface area contributed by atoms with Crippen LogP contribution in [0.15, 0.2) is 29.2 Å². The molecule has 9 heteroatoms. The van der Waals surface area contributed by atoms with E-state index >= 15 is 0 Å². The molecule has 0 spiro atoms. The van der Waals surface area contributed by atoms with E-state index in [1.54, 1.807) is 6.07 Å². The summed E-state index contributed by atoms with van der Waals surface area (Å²) in [5.41, 5.74) is 0.268. The summed E-state index contributed by atoms with van der Waals surface area (Å²) in [7, 11) is -3.82. The van der Waals surface area contributed by atoms with E-state index in [2.05, 4.69) is 17.6 Å². The Hall–Kier alpha value is -1.97. The minimum Gasteiger partial charge on any atom is -0.381 e. The fourth-order valence-electron chi connectivity index (χ4n) is 2.59. The van der Waals surface area contributed by atoms with Crippen molar-refractivity contribution in [3.8, 4) is 0 Å². The van der Waals surface area contributed by atoms with Crippen LogP contribution in [0.4, 0.5) is 0 Å². The maximum atomic E-state index is 12.7. The van der Waals surface area contributed by atoms with Gasteiger partial charge in [0.1, 0.15) is 0 Å². The predicted molar refractivity (Wildman–Crippen MR) is 101 cm³/mol. The van der Waals surface area contributed by atoms with Crippen LogP contribution < -0.4 is 10.6 Å². The van der Waals surface area contributed by atoms with Gasteiger partial charge in [0.15, 0.2) is 0 Å². The Bertz CT molecular complexity index is 751. The number of carbonyl (C=O) groups is 2. The quantitative estimate of drug-likeness (QED) is 0.567. The zero-order chi connectivity index (χ0) is 19.7. The third kappa shape index (κ3) is 6.30. The van der Waals surface area contributed by atoms with Crippen molar-refractivity contribution in [2.24, 2.45) is 0 Å². The van der Waals surface area contributed by atoms with E-state index in [0.717, 1.165) is 23.8 Å². The van der Waals surface area contributed by atoms with Gasteiger partial charge in [0, 0.05) is 38.4 Å². The van der Waals surface area contributed by atoms with Crippen molar-refractivity contribution in [1.82, 2.24) is 14.9 Å². The largest absolute Gasteiger partial charge is 0.381 e. The molecule has 0 atom stereocenters. The number of piperazine rings is 1. The highest BCUT2D eigenvalue weighted by atomic mass is 32.2. The lowest BCUT2D eigenvalue weighted by molar-refractivity contribution is -0.122. The third-order valence-electron chi connectivity index (χ3n) is 4.13. The summed E-state index contributed by atoms with van der Waals surface area (Å²) in [5.74, 6) is -0.670. The lowest BCUT2D eigenvalue weighted by Crippen LogP contribution is -2.49. The number of nitrogens with one attached hydrogen (secondary N) is 2. The first kappa shape index (κ1) is 21.3. The summed E-state index contributed by atoms with van der Waals surface area (Å²) in [6.07, 6.45) is 2.79. The monoisotopic (exact) mass is 397 g/mol. The van der Waals surface area contributed by atoms with Crippen LogP contribution in [0.5, 0.6) is 0 Å². The molecule has 1 heterocycles. The van der Waals surface area contributed by atoms with Crippen molar-refractivity contribution in [2.45, 2.75) is 31.1 Å². The number of benzene rings is 1. The molecular formula is C18H27N3O5S. The van der Waals surface area contributed by atoms with E-state index in [9.17, 15) is 18.0 Å². The van der Waals surface area contributed by atoms with Crippen LogP contribution in [0.25, 0.3) is 0 Å². The van der Waals surface area contributed by atoms with E-state index in [-0.39, 0.29) is 41.9 Å². The predicted octanol–water partition coefficient (Wildman–Crippen LogP) is 0.744. The number of carbonyl (C=O) groups excluding carboxylic acids is 2. The molecule has 2 N–H and O–H groups in total. The van der Waals surface area contributed by atoms with Gasteiger partial charge in [-0.2, -0.15) is 4.31 Å². The first-order chi connectivity index (χ1) is 12.9. The van der Waals surface area contributed by atoms with Crippen LogP contribution in [-0.4, -0.2) is 63.9 Å². The molecular weight excluding hydrogens is 370 g/mol. The third-order valence-corrected chi connectivity index (χ3v) is 5.97. The summed E-state index contributed by atoms with van der Waals surface area (Å²) in [4.78, 5) is 23.7. The molecule has 150 valence electrons. The van der Waals surface area contributed by atoms with Gasteiger partial charge in [-0.3, -0.25) is 9.59 Å². The second kappa shape index (κ2) is 10.4. The molecule has 1 aromatic carbocycles. The first-order valence-corrected chi connectivity index (χ1v) is 10.6. The highest BCUT2D eigenvalue weighted by molar-refractivity contribution is 7.89. The topological polar surface area (TPSA) is 105 Å². The van der Waals surface area contributed by atoms with Crippen LogP contribution in [0, 0.1) is 0 Å². The standard InChI is InChI=1S/C18H27N3O5S/c1-2-3-11-26-12-5-8-20-18(23)15-6-4-7-16(13-15)27(24,25)21-10-9-19-17(22)14-21/h4,6-7,13H,2-3,5,8-12,14H2,1H3,(H,19,22)(H,20,23). The molecule has 1 fully saturated rings. The number of hydrogen-bond acceptors (Lipinski definition) is 5. The number of amides is 2. The summed E-state index contributed by atoms with van der Waals surface area (Å²) in [5, 5.41) is 5.35. The molecule has 2 rings (SSSR count). The van der Waals surface area contributed by atoms with E-state index < -0.39 is 10.0 Å². The Labute approximate surface area is 160 Å². The lowest BCUT2D eigenvalue weighted by atomic mass is 10.2. The molecule has 1 aromatic rings. The normalized spacial score (nSPS) is 15.4. The Balaban J connectivity index is 1.92. The summed E-state index contributed by atoms with van der Waals surface area (Å²) in [6, 6.07) is 5.86. The SMILES string of the molecule is CCCCOCCCNC(=O)c1cccc(S(=O)(=O)N2CCNC(=O)C2)c1. The van der Waals surface area contributed by atoms with Crippen molar-refractivity contribution in [3.63, 3.8) is 0 Å². The van der Waals surface area contributed by atoms with Crippen molar-refractivity contribution in [1.29, 1.82) is 0 Å². The van der Waals surface area contributed by atoms with Gasteiger partial charge in [0.25, 0.3) is 5.91 Å². The van der Waals surface area contributed by atoms with Gasteiger partial charge < -0.3 is 15.4 Å². The number of rotatable bonds is 10. The Morgan fingerprint density at radius 1 is 1.30 bits per heavy atom. The van der Waals surface area contributed by atoms with Crippen LogP contribution in [0.2, 0.25) is 0 Å². The Morgan fingerprint density at radius 3 is 2.81 bits per heavy atom. The van der Waals surface area contributed by atoms with Gasteiger partial charge in [-0.05, 0) is 31.0 Å². The molecule has 0 unspecified atom stereocenters. The molecule has 2 amide bonds. The zero-order valence-electron chi connectivity index (χ0n) is 15.6. The smallest absolute Gasteiger partial charge is 0.251 e. The molecule has 0 aliphatic carbocycles. The van der Waals surface area contributed by atoms with Gasteiger partial charge in [-0.25, -0.2) is 8.42 Å². The zero-order valence-corrected chi connectivity index (χ0v) is 16.4. The number of hydrogen-bond donors (Lipinski definition) is 2. The van der Waals surface area contributed by atoms with Crippen molar-refractivity contribution in [2.75, 3.05) is 39.4 Å². The summed E-state index contributed by atoms with van der Waals surface area (Å²) in [6.45, 7) is 4.12.